The topological polar surface area (TPSA) is 180 Å². The van der Waals surface area contributed by atoms with E-state index in [2.05, 4.69) is 25.3 Å². The molecule has 0 heterocycles. The summed E-state index contributed by atoms with van der Waals surface area (Å²) in [6, 6.07) is 0. The van der Waals surface area contributed by atoms with Crippen molar-refractivity contribution in [3.05, 3.63) is 12.2 Å². The SMILES string of the molecule is CCCCC[C@H](O)/C=C/[C@@H]1[C@@H](CCCCCCC(=O)OC[C@H](COP(=O)(O)O)OC(=O)CCCCCCCCCCCCCCCCCC(C)C)[C@@H](O)C[C@H]1O. The number of aliphatic hydroxyl groups is 3. The lowest BCUT2D eigenvalue weighted by Crippen LogP contribution is -2.29. The van der Waals surface area contributed by atoms with E-state index in [9.17, 15) is 29.5 Å². The number of carbonyl (C=O) groups excluding carboxylic acids is 2. The quantitative estimate of drug-likeness (QED) is 0.0174. The molecule has 0 aromatic rings. The van der Waals surface area contributed by atoms with E-state index in [0.29, 0.717) is 25.7 Å². The zero-order valence-corrected chi connectivity index (χ0v) is 36.4. The fourth-order valence-electron chi connectivity index (χ4n) is 7.66. The van der Waals surface area contributed by atoms with Crippen molar-refractivity contribution in [1.82, 2.24) is 0 Å². The van der Waals surface area contributed by atoms with Gasteiger partial charge in [-0.15, -0.1) is 0 Å². The molecule has 1 fully saturated rings. The van der Waals surface area contributed by atoms with E-state index in [1.54, 1.807) is 6.08 Å². The molecule has 0 radical (unpaired) electrons. The Hall–Kier alpha value is -1.33. The number of phosphoric acid groups is 1. The van der Waals surface area contributed by atoms with Gasteiger partial charge in [0.25, 0.3) is 0 Å². The smallest absolute Gasteiger partial charge is 0.462 e. The zero-order valence-electron chi connectivity index (χ0n) is 35.5. The Balaban J connectivity index is 2.20. The molecule has 1 aliphatic carbocycles. The van der Waals surface area contributed by atoms with Crippen molar-refractivity contribution < 1.29 is 53.3 Å². The van der Waals surface area contributed by atoms with Crippen LogP contribution in [0.4, 0.5) is 0 Å². The molecule has 0 unspecified atom stereocenters. The summed E-state index contributed by atoms with van der Waals surface area (Å²) in [5.74, 6) is -0.466. The average Bonchev–Trinajstić information content (AvgIpc) is 3.41. The number of phosphoric ester groups is 1. The predicted molar refractivity (Wildman–Crippen MR) is 223 cm³/mol. The Morgan fingerprint density at radius 2 is 1.18 bits per heavy atom. The Labute approximate surface area is 340 Å². The summed E-state index contributed by atoms with van der Waals surface area (Å²) in [6.07, 6.45) is 28.6. The van der Waals surface area contributed by atoms with Crippen LogP contribution in [0.3, 0.4) is 0 Å². The van der Waals surface area contributed by atoms with Gasteiger partial charge in [0.15, 0.2) is 6.10 Å². The Morgan fingerprint density at radius 3 is 1.71 bits per heavy atom. The van der Waals surface area contributed by atoms with Crippen LogP contribution < -0.4 is 0 Å². The number of rotatable bonds is 37. The Bertz CT molecular complexity index is 1050. The summed E-state index contributed by atoms with van der Waals surface area (Å²) < 4.78 is 26.5. The highest BCUT2D eigenvalue weighted by atomic mass is 31.2. The van der Waals surface area contributed by atoms with Crippen LogP contribution in [0.15, 0.2) is 12.2 Å². The molecule has 1 saturated carbocycles. The van der Waals surface area contributed by atoms with Crippen LogP contribution in [0, 0.1) is 17.8 Å². The van der Waals surface area contributed by atoms with Gasteiger partial charge in [0.2, 0.25) is 0 Å². The van der Waals surface area contributed by atoms with Gasteiger partial charge in [-0.1, -0.05) is 168 Å². The van der Waals surface area contributed by atoms with E-state index in [1.807, 2.05) is 6.08 Å². The second kappa shape index (κ2) is 33.5. The molecular weight excluding hydrogens is 735 g/mol. The summed E-state index contributed by atoms with van der Waals surface area (Å²) in [4.78, 5) is 43.2. The molecule has 5 N–H and O–H groups in total. The first-order valence-corrected chi connectivity index (χ1v) is 24.1. The van der Waals surface area contributed by atoms with Crippen molar-refractivity contribution in [1.29, 1.82) is 0 Å². The van der Waals surface area contributed by atoms with Crippen LogP contribution in [-0.4, -0.2) is 74.7 Å². The minimum absolute atomic E-state index is 0.0810. The highest BCUT2D eigenvalue weighted by Crippen LogP contribution is 2.38. The molecule has 6 atom stereocenters. The molecule has 0 bridgehead atoms. The lowest BCUT2D eigenvalue weighted by atomic mass is 9.88. The van der Waals surface area contributed by atoms with Crippen molar-refractivity contribution in [2.75, 3.05) is 13.2 Å². The summed E-state index contributed by atoms with van der Waals surface area (Å²) in [6.45, 7) is 5.77. The van der Waals surface area contributed by atoms with Crippen LogP contribution in [0.2, 0.25) is 0 Å². The Morgan fingerprint density at radius 1 is 0.679 bits per heavy atom. The van der Waals surface area contributed by atoms with Crippen LogP contribution in [0.5, 0.6) is 0 Å². The van der Waals surface area contributed by atoms with Crippen molar-refractivity contribution in [3.8, 4) is 0 Å². The molecule has 1 aliphatic rings. The summed E-state index contributed by atoms with van der Waals surface area (Å²) >= 11 is 0. The molecule has 0 aromatic heterocycles. The van der Waals surface area contributed by atoms with E-state index in [-0.39, 0.29) is 31.3 Å². The van der Waals surface area contributed by atoms with E-state index < -0.39 is 50.8 Å². The number of unbranched alkanes of at least 4 members (excludes halogenated alkanes) is 19. The van der Waals surface area contributed by atoms with Gasteiger partial charge in [-0.3, -0.25) is 14.1 Å². The molecule has 12 heteroatoms. The highest BCUT2D eigenvalue weighted by Gasteiger charge is 2.39. The number of hydrogen-bond acceptors (Lipinski definition) is 9. The van der Waals surface area contributed by atoms with E-state index in [4.69, 9.17) is 19.3 Å². The lowest BCUT2D eigenvalue weighted by Gasteiger charge is -2.21. The van der Waals surface area contributed by atoms with Crippen molar-refractivity contribution >= 4 is 19.8 Å². The summed E-state index contributed by atoms with van der Waals surface area (Å²) in [5, 5.41) is 31.3. The Kier molecular flexibility index (Phi) is 31.5. The second-order valence-electron chi connectivity index (χ2n) is 16.8. The van der Waals surface area contributed by atoms with E-state index >= 15 is 0 Å². The first kappa shape index (κ1) is 52.7. The van der Waals surface area contributed by atoms with Gasteiger partial charge < -0.3 is 34.6 Å². The minimum atomic E-state index is -4.81. The maximum absolute atomic E-state index is 12.5. The monoisotopic (exact) mass is 819 g/mol. The third-order valence-electron chi connectivity index (χ3n) is 11.1. The lowest BCUT2D eigenvalue weighted by molar-refractivity contribution is -0.161. The van der Waals surface area contributed by atoms with Gasteiger partial charge in [0, 0.05) is 25.2 Å². The van der Waals surface area contributed by atoms with E-state index in [1.165, 1.54) is 77.0 Å². The number of aliphatic hydroxyl groups excluding tert-OH is 3. The molecule has 56 heavy (non-hydrogen) atoms. The predicted octanol–water partition coefficient (Wildman–Crippen LogP) is 10.0. The van der Waals surface area contributed by atoms with Gasteiger partial charge in [-0.2, -0.15) is 0 Å². The van der Waals surface area contributed by atoms with Gasteiger partial charge >= 0.3 is 19.8 Å². The van der Waals surface area contributed by atoms with Gasteiger partial charge in [0.1, 0.15) is 6.61 Å². The van der Waals surface area contributed by atoms with Crippen LogP contribution in [0.25, 0.3) is 0 Å². The fourth-order valence-corrected chi connectivity index (χ4v) is 8.02. The first-order chi connectivity index (χ1) is 26.8. The molecule has 0 amide bonds. The normalized spacial score (nSPS) is 19.9. The molecule has 0 spiro atoms. The minimum Gasteiger partial charge on any atom is -0.462 e. The third kappa shape index (κ3) is 29.8. The van der Waals surface area contributed by atoms with Crippen LogP contribution >= 0.6 is 7.82 Å². The van der Waals surface area contributed by atoms with Crippen LogP contribution in [-0.2, 0) is 28.2 Å². The molecule has 0 aromatic carbocycles. The largest absolute Gasteiger partial charge is 0.469 e. The van der Waals surface area contributed by atoms with Crippen molar-refractivity contribution in [2.45, 2.75) is 225 Å². The van der Waals surface area contributed by atoms with Crippen molar-refractivity contribution in [2.24, 2.45) is 17.8 Å². The number of carbonyl (C=O) groups is 2. The molecule has 0 aliphatic heterocycles. The molecule has 0 saturated heterocycles. The van der Waals surface area contributed by atoms with Crippen molar-refractivity contribution in [3.63, 3.8) is 0 Å². The highest BCUT2D eigenvalue weighted by molar-refractivity contribution is 7.46. The fraction of sp³-hybridized carbons (Fsp3) is 0.909. The number of esters is 2. The second-order valence-corrected chi connectivity index (χ2v) is 18.1. The summed E-state index contributed by atoms with van der Waals surface area (Å²) in [5.41, 5.74) is 0. The van der Waals surface area contributed by atoms with Crippen LogP contribution in [0.1, 0.15) is 201 Å². The first-order valence-electron chi connectivity index (χ1n) is 22.6. The number of hydrogen-bond donors (Lipinski definition) is 5. The maximum Gasteiger partial charge on any atom is 0.469 e. The standard InChI is InChI=1S/C44H83O11P/c1-4-5-21-27-37(45)31-32-40-39(41(46)33-42(40)47)28-23-19-20-24-29-43(48)53-34-38(35-54-56(50,51)52)55-44(49)30-25-18-16-14-12-10-8-6-7-9-11-13-15-17-22-26-36(2)3/h31-32,36-42,45-47H,4-30,33-35H2,1-3H3,(H2,50,51,52)/b32-31+/t37-,38+,39+,40+,41-,42+/m0/s1. The summed E-state index contributed by atoms with van der Waals surface area (Å²) in [7, 11) is -4.81. The van der Waals surface area contributed by atoms with Gasteiger partial charge in [0.05, 0.1) is 24.9 Å². The average molecular weight is 819 g/mol. The number of ether oxygens (including phenoxy) is 2. The van der Waals surface area contributed by atoms with Gasteiger partial charge in [-0.25, -0.2) is 4.57 Å². The maximum atomic E-state index is 12.5. The molecule has 1 rings (SSSR count). The van der Waals surface area contributed by atoms with E-state index in [0.717, 1.165) is 70.1 Å². The van der Waals surface area contributed by atoms with Gasteiger partial charge in [-0.05, 0) is 37.5 Å². The molecule has 330 valence electrons. The molecule has 11 nitrogen and oxygen atoms in total. The molecular formula is C44H83O11P. The third-order valence-corrected chi connectivity index (χ3v) is 11.5. The zero-order chi connectivity index (χ0) is 41.4.